The van der Waals surface area contributed by atoms with Gasteiger partial charge < -0.3 is 10.0 Å². The quantitative estimate of drug-likeness (QED) is 0.836. The molecule has 1 aromatic rings. The van der Waals surface area contributed by atoms with E-state index in [1.54, 1.807) is 0 Å². The molecule has 1 aromatic heterocycles. The Balaban J connectivity index is 3.24. The summed E-state index contributed by atoms with van der Waals surface area (Å²) in [4.78, 5) is 10.2. The molecule has 0 saturated carbocycles. The summed E-state index contributed by atoms with van der Waals surface area (Å²) < 4.78 is 0. The minimum Gasteiger partial charge on any atom is -0.503 e. The van der Waals surface area contributed by atoms with Gasteiger partial charge in [0, 0.05) is 18.5 Å². The molecule has 1 N–H and O–H groups in total. The van der Waals surface area contributed by atoms with E-state index in [0.717, 1.165) is 0 Å². The number of hydrogen-bond donors (Lipinski definition) is 1. The summed E-state index contributed by atoms with van der Waals surface area (Å²) in [6, 6.07) is 0.286. The molecular formula is C12H21N3O. The highest BCUT2D eigenvalue weighted by Gasteiger charge is 2.24. The lowest BCUT2D eigenvalue weighted by molar-refractivity contribution is 0.433. The van der Waals surface area contributed by atoms with Crippen molar-refractivity contribution in [2.45, 2.75) is 46.1 Å². The molecule has 4 nitrogen and oxygen atoms in total. The van der Waals surface area contributed by atoms with E-state index in [1.807, 2.05) is 32.7 Å². The van der Waals surface area contributed by atoms with Gasteiger partial charge in [0.25, 0.3) is 0 Å². The first-order valence-electron chi connectivity index (χ1n) is 5.52. The lowest BCUT2D eigenvalue weighted by Crippen LogP contribution is -2.27. The number of rotatable bonds is 2. The Labute approximate surface area is 97.3 Å². The van der Waals surface area contributed by atoms with E-state index in [1.165, 1.54) is 6.33 Å². The van der Waals surface area contributed by atoms with Crippen molar-refractivity contribution in [2.24, 2.45) is 0 Å². The van der Waals surface area contributed by atoms with Crippen LogP contribution >= 0.6 is 0 Å². The van der Waals surface area contributed by atoms with Crippen LogP contribution < -0.4 is 4.90 Å². The molecule has 0 bridgehead atoms. The van der Waals surface area contributed by atoms with Crippen molar-refractivity contribution in [3.8, 4) is 5.75 Å². The van der Waals surface area contributed by atoms with Crippen LogP contribution in [-0.2, 0) is 5.41 Å². The second kappa shape index (κ2) is 4.28. The summed E-state index contributed by atoms with van der Waals surface area (Å²) in [5.74, 6) is 0.779. The van der Waals surface area contributed by atoms with Gasteiger partial charge in [-0.05, 0) is 13.8 Å². The van der Waals surface area contributed by atoms with Gasteiger partial charge in [-0.1, -0.05) is 20.8 Å². The van der Waals surface area contributed by atoms with Crippen LogP contribution in [0.15, 0.2) is 6.33 Å². The molecular weight excluding hydrogens is 202 g/mol. The maximum absolute atomic E-state index is 10.2. The SMILES string of the molecule is CC(C)N(C)c1ncnc(C(C)(C)C)c1O. The summed E-state index contributed by atoms with van der Waals surface area (Å²) >= 11 is 0. The van der Waals surface area contributed by atoms with Crippen molar-refractivity contribution in [1.82, 2.24) is 9.97 Å². The molecule has 4 heteroatoms. The van der Waals surface area contributed by atoms with Gasteiger partial charge in [-0.15, -0.1) is 0 Å². The summed E-state index contributed by atoms with van der Waals surface area (Å²) in [6.07, 6.45) is 1.51. The third-order valence-electron chi connectivity index (χ3n) is 2.62. The fraction of sp³-hybridized carbons (Fsp3) is 0.667. The predicted molar refractivity (Wildman–Crippen MR) is 65.9 cm³/mol. The summed E-state index contributed by atoms with van der Waals surface area (Å²) in [7, 11) is 1.92. The van der Waals surface area contributed by atoms with Crippen molar-refractivity contribution in [1.29, 1.82) is 0 Å². The first-order valence-corrected chi connectivity index (χ1v) is 5.52. The van der Waals surface area contributed by atoms with Gasteiger partial charge in [-0.2, -0.15) is 0 Å². The van der Waals surface area contributed by atoms with E-state index in [-0.39, 0.29) is 17.2 Å². The van der Waals surface area contributed by atoms with E-state index in [9.17, 15) is 5.11 Å². The molecule has 0 aliphatic carbocycles. The Hall–Kier alpha value is -1.32. The van der Waals surface area contributed by atoms with Crippen LogP contribution in [0.4, 0.5) is 5.82 Å². The molecule has 16 heavy (non-hydrogen) atoms. The number of aromatic nitrogens is 2. The molecule has 0 spiro atoms. The first-order chi connectivity index (χ1) is 7.25. The molecule has 0 aliphatic rings. The van der Waals surface area contributed by atoms with Gasteiger partial charge in [0.1, 0.15) is 6.33 Å². The predicted octanol–water partition coefficient (Wildman–Crippen LogP) is 2.32. The van der Waals surface area contributed by atoms with E-state index >= 15 is 0 Å². The van der Waals surface area contributed by atoms with Crippen molar-refractivity contribution >= 4 is 5.82 Å². The van der Waals surface area contributed by atoms with E-state index < -0.39 is 0 Å². The highest BCUT2D eigenvalue weighted by Crippen LogP contribution is 2.34. The van der Waals surface area contributed by atoms with Crippen LogP contribution in [0.2, 0.25) is 0 Å². The van der Waals surface area contributed by atoms with Gasteiger partial charge in [-0.3, -0.25) is 0 Å². The highest BCUT2D eigenvalue weighted by molar-refractivity contribution is 5.54. The minimum absolute atomic E-state index is 0.181. The summed E-state index contributed by atoms with van der Waals surface area (Å²) in [5, 5.41) is 10.2. The lowest BCUT2D eigenvalue weighted by Gasteiger charge is -2.26. The minimum atomic E-state index is -0.181. The van der Waals surface area contributed by atoms with Gasteiger partial charge in [0.15, 0.2) is 11.6 Å². The van der Waals surface area contributed by atoms with Crippen LogP contribution in [0, 0.1) is 0 Å². The zero-order valence-corrected chi connectivity index (χ0v) is 10.9. The third kappa shape index (κ3) is 2.43. The van der Waals surface area contributed by atoms with Crippen LogP contribution in [0.25, 0.3) is 0 Å². The Morgan fingerprint density at radius 3 is 2.25 bits per heavy atom. The van der Waals surface area contributed by atoms with Crippen LogP contribution in [0.5, 0.6) is 5.75 Å². The zero-order chi connectivity index (χ0) is 12.5. The number of anilines is 1. The average molecular weight is 223 g/mol. The molecule has 0 unspecified atom stereocenters. The molecule has 0 aromatic carbocycles. The first kappa shape index (κ1) is 12.7. The number of aromatic hydroxyl groups is 1. The number of hydrogen-bond acceptors (Lipinski definition) is 4. The monoisotopic (exact) mass is 223 g/mol. The van der Waals surface area contributed by atoms with Gasteiger partial charge in [0.05, 0.1) is 5.69 Å². The Morgan fingerprint density at radius 1 is 1.25 bits per heavy atom. The number of nitrogens with zero attached hydrogens (tertiary/aromatic N) is 3. The lowest BCUT2D eigenvalue weighted by atomic mass is 9.91. The Kier molecular flexibility index (Phi) is 3.41. The van der Waals surface area contributed by atoms with Crippen molar-refractivity contribution in [3.05, 3.63) is 12.0 Å². The zero-order valence-electron chi connectivity index (χ0n) is 10.9. The topological polar surface area (TPSA) is 49.2 Å². The fourth-order valence-corrected chi connectivity index (χ4v) is 1.42. The Morgan fingerprint density at radius 2 is 1.81 bits per heavy atom. The third-order valence-corrected chi connectivity index (χ3v) is 2.62. The van der Waals surface area contributed by atoms with Gasteiger partial charge in [0.2, 0.25) is 0 Å². The molecule has 1 heterocycles. The van der Waals surface area contributed by atoms with Crippen LogP contribution in [0.1, 0.15) is 40.3 Å². The molecule has 0 saturated heterocycles. The van der Waals surface area contributed by atoms with Crippen molar-refractivity contribution < 1.29 is 5.11 Å². The largest absolute Gasteiger partial charge is 0.503 e. The maximum atomic E-state index is 10.2. The second-order valence-electron chi connectivity index (χ2n) is 5.35. The van der Waals surface area contributed by atoms with Gasteiger partial charge >= 0.3 is 0 Å². The molecule has 0 atom stereocenters. The normalized spacial score (nSPS) is 11.9. The highest BCUT2D eigenvalue weighted by atomic mass is 16.3. The smallest absolute Gasteiger partial charge is 0.180 e. The molecule has 0 fully saturated rings. The van der Waals surface area contributed by atoms with E-state index in [4.69, 9.17) is 0 Å². The van der Waals surface area contributed by atoms with Crippen molar-refractivity contribution in [2.75, 3.05) is 11.9 Å². The molecule has 0 aliphatic heterocycles. The van der Waals surface area contributed by atoms with E-state index in [0.29, 0.717) is 11.5 Å². The van der Waals surface area contributed by atoms with Crippen LogP contribution in [0.3, 0.4) is 0 Å². The Bertz CT molecular complexity index is 369. The molecule has 0 radical (unpaired) electrons. The molecule has 0 amide bonds. The fourth-order valence-electron chi connectivity index (χ4n) is 1.42. The molecule has 90 valence electrons. The second-order valence-corrected chi connectivity index (χ2v) is 5.35. The standard InChI is InChI=1S/C12H21N3O/c1-8(2)15(6)11-9(16)10(12(3,4)5)13-7-14-11/h7-8,16H,1-6H3. The van der Waals surface area contributed by atoms with Crippen LogP contribution in [-0.4, -0.2) is 28.2 Å². The van der Waals surface area contributed by atoms with E-state index in [2.05, 4.69) is 23.8 Å². The van der Waals surface area contributed by atoms with Crippen molar-refractivity contribution in [3.63, 3.8) is 0 Å². The molecule has 1 rings (SSSR count). The maximum Gasteiger partial charge on any atom is 0.180 e. The summed E-state index contributed by atoms with van der Waals surface area (Å²) in [6.45, 7) is 10.2. The summed E-state index contributed by atoms with van der Waals surface area (Å²) in [5.41, 5.74) is 0.504. The average Bonchev–Trinajstić information content (AvgIpc) is 2.15. The van der Waals surface area contributed by atoms with Gasteiger partial charge in [-0.25, -0.2) is 9.97 Å².